The normalized spacial score (nSPS) is 13.0. The summed E-state index contributed by atoms with van der Waals surface area (Å²) >= 11 is 7.62. The molecule has 9 rings (SSSR count). The zero-order chi connectivity index (χ0) is 29.7. The number of hydrogen-bond acceptors (Lipinski definition) is 4. The summed E-state index contributed by atoms with van der Waals surface area (Å²) in [5.41, 5.74) is 5.93. The number of fused-ring (bicyclic) bond motifs is 10. The maximum absolute atomic E-state index is 6.60. The van der Waals surface area contributed by atoms with Crippen LogP contribution in [0.5, 0.6) is 23.0 Å². The van der Waals surface area contributed by atoms with Gasteiger partial charge in [0.25, 0.3) is 0 Å². The molecule has 0 radical (unpaired) electrons. The van der Waals surface area contributed by atoms with Crippen molar-refractivity contribution in [3.05, 3.63) is 118 Å². The maximum Gasteiger partial charge on any atom is 0.170 e. The fourth-order valence-corrected chi connectivity index (χ4v) is 7.66. The van der Waals surface area contributed by atoms with Crippen LogP contribution in [0.2, 0.25) is 0 Å². The molecule has 0 amide bonds. The van der Waals surface area contributed by atoms with Crippen molar-refractivity contribution in [3.63, 3.8) is 0 Å². The largest absolute Gasteiger partial charge is 0.451 e. The minimum atomic E-state index is 0.591. The molecule has 2 aliphatic rings. The summed E-state index contributed by atoms with van der Waals surface area (Å²) < 4.78 is 19.1. The van der Waals surface area contributed by atoms with E-state index in [2.05, 4.69) is 127 Å². The Morgan fingerprint density at radius 3 is 1.45 bits per heavy atom. The van der Waals surface area contributed by atoms with Crippen molar-refractivity contribution in [3.8, 4) is 23.0 Å². The van der Waals surface area contributed by atoms with E-state index in [0.29, 0.717) is 55.7 Å². The maximum atomic E-state index is 6.60. The van der Waals surface area contributed by atoms with Gasteiger partial charge in [0, 0.05) is 57.8 Å². The summed E-state index contributed by atoms with van der Waals surface area (Å²) in [5.74, 6) is 2.54. The number of hydrogen-bond donors (Lipinski definition) is 0. The number of para-hydroxylation sites is 2. The number of rotatable bonds is 4. The highest BCUT2D eigenvalue weighted by Crippen LogP contribution is 2.46. The molecule has 2 aliphatic heterocycles. The van der Waals surface area contributed by atoms with E-state index in [-0.39, 0.29) is 0 Å². The third-order valence-electron chi connectivity index (χ3n) is 8.46. The van der Waals surface area contributed by atoms with E-state index in [0.717, 1.165) is 55.0 Å². The molecular formula is C36H22Br2N4O2. The predicted molar refractivity (Wildman–Crippen MR) is 183 cm³/mol. The summed E-state index contributed by atoms with van der Waals surface area (Å²) in [5, 5.41) is 5.86. The molecule has 0 N–H and O–H groups in total. The molecule has 8 heteroatoms. The Labute approximate surface area is 268 Å². The van der Waals surface area contributed by atoms with Crippen LogP contribution in [0.15, 0.2) is 117 Å². The summed E-state index contributed by atoms with van der Waals surface area (Å²) in [4.78, 5) is 10.2. The summed E-state index contributed by atoms with van der Waals surface area (Å²) in [6.45, 7) is 9.33. The van der Waals surface area contributed by atoms with Crippen LogP contribution >= 0.6 is 31.9 Å². The molecule has 0 saturated carbocycles. The zero-order valence-electron chi connectivity index (χ0n) is 23.3. The molecule has 0 spiro atoms. The number of ether oxygens (including phenoxy) is 2. The van der Waals surface area contributed by atoms with Gasteiger partial charge >= 0.3 is 0 Å². The van der Waals surface area contributed by atoms with E-state index in [1.54, 1.807) is 0 Å². The van der Waals surface area contributed by atoms with Gasteiger partial charge in [0.1, 0.15) is 22.1 Å². The summed E-state index contributed by atoms with van der Waals surface area (Å²) in [6, 6.07) is 25.1. The third kappa shape index (κ3) is 3.46. The van der Waals surface area contributed by atoms with Crippen molar-refractivity contribution in [2.75, 3.05) is 0 Å². The van der Waals surface area contributed by atoms with Crippen LogP contribution in [0.1, 0.15) is 0 Å². The van der Waals surface area contributed by atoms with Crippen molar-refractivity contribution < 1.29 is 9.47 Å². The second kappa shape index (κ2) is 9.42. The quantitative estimate of drug-likeness (QED) is 0.172. The topological polar surface area (TPSA) is 53.0 Å². The molecule has 2 aromatic heterocycles. The highest BCUT2D eigenvalue weighted by molar-refractivity contribution is 9.11. The Morgan fingerprint density at radius 2 is 1.02 bits per heavy atom. The second-order valence-corrected chi connectivity index (χ2v) is 12.5. The SMILES string of the molecule is C=CCn1c2ccccc2c2cc3c(cc21)Oc1c(Br)c2c(c(Br)c1=N3)Oc1cc3c(cc1N=2)c1ccccc1n3CC=C. The Balaban J connectivity index is 1.26. The van der Waals surface area contributed by atoms with Crippen molar-refractivity contribution in [2.45, 2.75) is 13.1 Å². The van der Waals surface area contributed by atoms with Gasteiger partial charge in [-0.25, -0.2) is 9.98 Å². The predicted octanol–water partition coefficient (Wildman–Crippen LogP) is 9.91. The summed E-state index contributed by atoms with van der Waals surface area (Å²) in [6.07, 6.45) is 3.83. The van der Waals surface area contributed by atoms with Gasteiger partial charge in [0.05, 0.1) is 20.0 Å². The van der Waals surface area contributed by atoms with E-state index >= 15 is 0 Å². The van der Waals surface area contributed by atoms with Crippen molar-refractivity contribution in [1.82, 2.24) is 9.13 Å². The van der Waals surface area contributed by atoms with Crippen LogP contribution in [0.3, 0.4) is 0 Å². The number of nitrogens with zero attached hydrogens (tertiary/aromatic N) is 4. The fraction of sp³-hybridized carbons (Fsp3) is 0.0556. The Morgan fingerprint density at radius 1 is 0.591 bits per heavy atom. The molecule has 6 nitrogen and oxygen atoms in total. The average Bonchev–Trinajstić information content (AvgIpc) is 3.52. The van der Waals surface area contributed by atoms with E-state index < -0.39 is 0 Å². The monoisotopic (exact) mass is 700 g/mol. The number of benzene rings is 5. The van der Waals surface area contributed by atoms with Gasteiger partial charge in [-0.2, -0.15) is 0 Å². The molecule has 7 aromatic rings. The fourth-order valence-electron chi connectivity index (χ4n) is 6.59. The Bertz CT molecular complexity index is 2400. The molecular weight excluding hydrogens is 680 g/mol. The lowest BCUT2D eigenvalue weighted by atomic mass is 10.1. The minimum Gasteiger partial charge on any atom is -0.451 e. The average molecular weight is 702 g/mol. The molecule has 0 aliphatic carbocycles. The van der Waals surface area contributed by atoms with E-state index in [1.807, 2.05) is 12.2 Å². The molecule has 0 fully saturated rings. The van der Waals surface area contributed by atoms with Gasteiger partial charge < -0.3 is 18.6 Å². The Hall–Kier alpha value is -4.66. The second-order valence-electron chi connectivity index (χ2n) is 10.9. The van der Waals surface area contributed by atoms with Crippen LogP contribution in [0, 0.1) is 0 Å². The molecule has 212 valence electrons. The third-order valence-corrected chi connectivity index (χ3v) is 9.93. The lowest BCUT2D eigenvalue weighted by Gasteiger charge is -2.21. The molecule has 0 atom stereocenters. The van der Waals surface area contributed by atoms with E-state index in [1.165, 1.54) is 0 Å². The smallest absolute Gasteiger partial charge is 0.170 e. The molecule has 44 heavy (non-hydrogen) atoms. The van der Waals surface area contributed by atoms with Crippen molar-refractivity contribution in [1.29, 1.82) is 0 Å². The van der Waals surface area contributed by atoms with Crippen molar-refractivity contribution >= 4 is 86.8 Å². The number of aromatic nitrogens is 2. The number of allylic oxidation sites excluding steroid dienone is 2. The molecule has 4 heterocycles. The van der Waals surface area contributed by atoms with Crippen LogP contribution in [-0.2, 0) is 13.1 Å². The molecule has 0 unspecified atom stereocenters. The first-order chi connectivity index (χ1) is 21.6. The van der Waals surface area contributed by atoms with Gasteiger partial charge in [-0.05, 0) is 56.1 Å². The highest BCUT2D eigenvalue weighted by atomic mass is 79.9. The first-order valence-corrected chi connectivity index (χ1v) is 15.8. The minimum absolute atomic E-state index is 0.591. The highest BCUT2D eigenvalue weighted by Gasteiger charge is 2.28. The standard InChI is InChI=1S/C36H22Br2N4O2/c1-3-13-41-25-11-7-5-9-19(25)21-15-23-29(17-27(21)41)43-35-31(37)34-36(32(38)33(35)39-23)44-30-18-28-22(16-24(30)40-34)20-10-6-8-12-26(20)42(28)14-4-2/h3-12,15-18H,1-2,13-14H2. The van der Waals surface area contributed by atoms with Gasteiger partial charge in [-0.3, -0.25) is 0 Å². The van der Waals surface area contributed by atoms with Gasteiger partial charge in [0.2, 0.25) is 0 Å². The molecule has 0 saturated heterocycles. The van der Waals surface area contributed by atoms with Crippen LogP contribution in [0.25, 0.3) is 43.6 Å². The Kier molecular flexibility index (Phi) is 5.52. The van der Waals surface area contributed by atoms with E-state index in [4.69, 9.17) is 19.5 Å². The van der Waals surface area contributed by atoms with E-state index in [9.17, 15) is 0 Å². The van der Waals surface area contributed by atoms with Gasteiger partial charge in [0.15, 0.2) is 23.0 Å². The van der Waals surface area contributed by atoms with Crippen LogP contribution < -0.4 is 20.2 Å². The van der Waals surface area contributed by atoms with Crippen LogP contribution in [0.4, 0.5) is 11.4 Å². The summed E-state index contributed by atoms with van der Waals surface area (Å²) in [7, 11) is 0. The lowest BCUT2D eigenvalue weighted by Crippen LogP contribution is -2.22. The van der Waals surface area contributed by atoms with Gasteiger partial charge in [-0.15, -0.1) is 13.2 Å². The van der Waals surface area contributed by atoms with Crippen LogP contribution in [-0.4, -0.2) is 9.13 Å². The molecule has 5 aromatic carbocycles. The first-order valence-electron chi connectivity index (χ1n) is 14.2. The lowest BCUT2D eigenvalue weighted by molar-refractivity contribution is 0.445. The number of halogens is 2. The zero-order valence-corrected chi connectivity index (χ0v) is 26.4. The molecule has 0 bridgehead atoms. The first kappa shape index (κ1) is 25.8. The van der Waals surface area contributed by atoms with Crippen molar-refractivity contribution in [2.24, 2.45) is 9.98 Å². The van der Waals surface area contributed by atoms with Gasteiger partial charge in [-0.1, -0.05) is 48.6 Å².